The van der Waals surface area contributed by atoms with Crippen molar-refractivity contribution in [3.05, 3.63) is 23.1 Å². The molecule has 0 bridgehead atoms. The molecule has 1 amide bonds. The summed E-state index contributed by atoms with van der Waals surface area (Å²) >= 11 is 5.78. The minimum Gasteiger partial charge on any atom is -0.481 e. The first-order valence-corrected chi connectivity index (χ1v) is 6.23. The summed E-state index contributed by atoms with van der Waals surface area (Å²) in [5.74, 6) is -1.14. The van der Waals surface area contributed by atoms with Crippen LogP contribution in [0.15, 0.2) is 16.7 Å². The van der Waals surface area contributed by atoms with E-state index in [0.29, 0.717) is 18.5 Å². The summed E-state index contributed by atoms with van der Waals surface area (Å²) < 4.78 is 4.89. The minimum absolute atomic E-state index is 0.0266. The van der Waals surface area contributed by atoms with E-state index in [2.05, 4.69) is 0 Å². The van der Waals surface area contributed by atoms with Crippen molar-refractivity contribution in [2.45, 2.75) is 31.7 Å². The average Bonchev–Trinajstić information content (AvgIpc) is 2.74. The predicted octanol–water partition coefficient (Wildman–Crippen LogP) is 2.40. The summed E-state index contributed by atoms with van der Waals surface area (Å²) in [6, 6.07) is 1.26. The molecule has 0 aromatic carbocycles. The SMILES string of the molecule is O=C(O)CC1CCCCN1C(=O)c1ccoc1Cl. The highest BCUT2D eigenvalue weighted by Gasteiger charge is 2.30. The van der Waals surface area contributed by atoms with E-state index in [1.807, 2.05) is 0 Å². The Labute approximate surface area is 109 Å². The summed E-state index contributed by atoms with van der Waals surface area (Å²) in [4.78, 5) is 24.7. The Morgan fingerprint density at radius 2 is 2.28 bits per heavy atom. The molecule has 0 spiro atoms. The van der Waals surface area contributed by atoms with Crippen LogP contribution < -0.4 is 0 Å². The molecule has 1 fully saturated rings. The van der Waals surface area contributed by atoms with Crippen LogP contribution >= 0.6 is 11.6 Å². The van der Waals surface area contributed by atoms with E-state index in [1.54, 1.807) is 4.90 Å². The molecule has 2 heterocycles. The molecular weight excluding hydrogens is 258 g/mol. The molecule has 6 heteroatoms. The van der Waals surface area contributed by atoms with Crippen molar-refractivity contribution in [1.29, 1.82) is 0 Å². The van der Waals surface area contributed by atoms with Crippen LogP contribution in [0.4, 0.5) is 0 Å². The van der Waals surface area contributed by atoms with Gasteiger partial charge in [0.05, 0.1) is 18.2 Å². The van der Waals surface area contributed by atoms with Gasteiger partial charge in [0, 0.05) is 12.6 Å². The molecule has 1 aliphatic heterocycles. The van der Waals surface area contributed by atoms with Gasteiger partial charge in [-0.2, -0.15) is 0 Å². The number of amides is 1. The quantitative estimate of drug-likeness (QED) is 0.916. The van der Waals surface area contributed by atoms with Crippen molar-refractivity contribution in [2.75, 3.05) is 6.54 Å². The van der Waals surface area contributed by atoms with E-state index in [1.165, 1.54) is 12.3 Å². The number of furan rings is 1. The second-order valence-electron chi connectivity index (χ2n) is 4.35. The van der Waals surface area contributed by atoms with Gasteiger partial charge in [0.15, 0.2) is 0 Å². The molecule has 1 atom stereocenters. The van der Waals surface area contributed by atoms with E-state index in [4.69, 9.17) is 21.1 Å². The average molecular weight is 272 g/mol. The molecular formula is C12H14ClNO4. The fourth-order valence-corrected chi connectivity index (χ4v) is 2.48. The van der Waals surface area contributed by atoms with E-state index < -0.39 is 5.97 Å². The normalized spacial score (nSPS) is 19.8. The van der Waals surface area contributed by atoms with Gasteiger partial charge in [0.2, 0.25) is 5.22 Å². The summed E-state index contributed by atoms with van der Waals surface area (Å²) in [5.41, 5.74) is 0.300. The predicted molar refractivity (Wildman–Crippen MR) is 64.6 cm³/mol. The lowest BCUT2D eigenvalue weighted by atomic mass is 9.98. The smallest absolute Gasteiger partial charge is 0.305 e. The van der Waals surface area contributed by atoms with Crippen LogP contribution in [-0.4, -0.2) is 34.5 Å². The first-order chi connectivity index (χ1) is 8.59. The van der Waals surface area contributed by atoms with Gasteiger partial charge in [-0.15, -0.1) is 0 Å². The fourth-order valence-electron chi connectivity index (χ4n) is 2.28. The topological polar surface area (TPSA) is 70.8 Å². The number of likely N-dealkylation sites (tertiary alicyclic amines) is 1. The van der Waals surface area contributed by atoms with Gasteiger partial charge < -0.3 is 14.4 Å². The van der Waals surface area contributed by atoms with Crippen molar-refractivity contribution in [1.82, 2.24) is 4.90 Å². The highest BCUT2D eigenvalue weighted by Crippen LogP contribution is 2.25. The number of halogens is 1. The maximum absolute atomic E-state index is 12.3. The van der Waals surface area contributed by atoms with Crippen LogP contribution in [0.2, 0.25) is 5.22 Å². The number of carbonyl (C=O) groups excluding carboxylic acids is 1. The standard InChI is InChI=1S/C12H14ClNO4/c13-11-9(4-6-18-11)12(17)14-5-2-1-3-8(14)7-10(15)16/h4,6,8H,1-3,5,7H2,(H,15,16). The zero-order valence-corrected chi connectivity index (χ0v) is 10.5. The van der Waals surface area contributed by atoms with E-state index >= 15 is 0 Å². The van der Waals surface area contributed by atoms with Gasteiger partial charge in [-0.1, -0.05) is 0 Å². The number of aliphatic carboxylic acids is 1. The maximum Gasteiger partial charge on any atom is 0.305 e. The Morgan fingerprint density at radius 3 is 2.89 bits per heavy atom. The largest absolute Gasteiger partial charge is 0.481 e. The Kier molecular flexibility index (Phi) is 3.91. The molecule has 1 N–H and O–H groups in total. The number of nitrogens with zero attached hydrogens (tertiary/aromatic N) is 1. The fraction of sp³-hybridized carbons (Fsp3) is 0.500. The molecule has 0 aliphatic carbocycles. The Bertz CT molecular complexity index is 457. The van der Waals surface area contributed by atoms with Crippen LogP contribution in [0.3, 0.4) is 0 Å². The third kappa shape index (κ3) is 2.67. The van der Waals surface area contributed by atoms with Crippen LogP contribution in [0, 0.1) is 0 Å². The van der Waals surface area contributed by atoms with Crippen LogP contribution in [0.5, 0.6) is 0 Å². The van der Waals surface area contributed by atoms with Gasteiger partial charge in [0.25, 0.3) is 5.91 Å². The Morgan fingerprint density at radius 1 is 1.50 bits per heavy atom. The third-order valence-corrected chi connectivity index (χ3v) is 3.44. The molecule has 5 nitrogen and oxygen atoms in total. The highest BCUT2D eigenvalue weighted by molar-refractivity contribution is 6.32. The van der Waals surface area contributed by atoms with Crippen LogP contribution in [0.25, 0.3) is 0 Å². The molecule has 18 heavy (non-hydrogen) atoms. The lowest BCUT2D eigenvalue weighted by Crippen LogP contribution is -2.44. The first kappa shape index (κ1) is 13.0. The lowest BCUT2D eigenvalue weighted by molar-refractivity contribution is -0.138. The molecule has 1 unspecified atom stereocenters. The first-order valence-electron chi connectivity index (χ1n) is 5.85. The van der Waals surface area contributed by atoms with E-state index in [9.17, 15) is 9.59 Å². The summed E-state index contributed by atoms with van der Waals surface area (Å²) in [6.07, 6.45) is 3.87. The lowest BCUT2D eigenvalue weighted by Gasteiger charge is -2.34. The molecule has 1 aromatic rings. The second kappa shape index (κ2) is 5.44. The number of carboxylic acids is 1. The maximum atomic E-state index is 12.3. The van der Waals surface area contributed by atoms with Crippen LogP contribution in [-0.2, 0) is 4.79 Å². The monoisotopic (exact) mass is 271 g/mol. The number of carbonyl (C=O) groups is 2. The Hall–Kier alpha value is -1.49. The summed E-state index contributed by atoms with van der Waals surface area (Å²) in [5, 5.41) is 8.92. The number of rotatable bonds is 3. The molecule has 1 aromatic heterocycles. The van der Waals surface area contributed by atoms with Gasteiger partial charge in [0.1, 0.15) is 0 Å². The highest BCUT2D eigenvalue weighted by atomic mass is 35.5. The molecule has 0 saturated carbocycles. The zero-order valence-electron chi connectivity index (χ0n) is 9.76. The number of hydrogen-bond donors (Lipinski definition) is 1. The van der Waals surface area contributed by atoms with Crippen molar-refractivity contribution in [2.24, 2.45) is 0 Å². The van der Waals surface area contributed by atoms with E-state index in [0.717, 1.165) is 12.8 Å². The van der Waals surface area contributed by atoms with E-state index in [-0.39, 0.29) is 23.6 Å². The van der Waals surface area contributed by atoms with Crippen molar-refractivity contribution < 1.29 is 19.1 Å². The molecule has 1 saturated heterocycles. The number of carboxylic acid groups (broad SMARTS) is 1. The molecule has 0 radical (unpaired) electrons. The molecule has 2 rings (SSSR count). The van der Waals surface area contributed by atoms with Crippen molar-refractivity contribution >= 4 is 23.5 Å². The third-order valence-electron chi connectivity index (χ3n) is 3.15. The Balaban J connectivity index is 2.16. The number of hydrogen-bond acceptors (Lipinski definition) is 3. The summed E-state index contributed by atoms with van der Waals surface area (Å²) in [6.45, 7) is 0.568. The van der Waals surface area contributed by atoms with Gasteiger partial charge >= 0.3 is 5.97 Å². The summed E-state index contributed by atoms with van der Waals surface area (Å²) in [7, 11) is 0. The van der Waals surface area contributed by atoms with Crippen LogP contribution in [0.1, 0.15) is 36.0 Å². The molecule has 98 valence electrons. The molecule has 1 aliphatic rings. The minimum atomic E-state index is -0.891. The second-order valence-corrected chi connectivity index (χ2v) is 4.70. The van der Waals surface area contributed by atoms with Gasteiger partial charge in [-0.3, -0.25) is 9.59 Å². The van der Waals surface area contributed by atoms with Crippen molar-refractivity contribution in [3.8, 4) is 0 Å². The van der Waals surface area contributed by atoms with Gasteiger partial charge in [-0.05, 0) is 36.9 Å². The van der Waals surface area contributed by atoms with Crippen molar-refractivity contribution in [3.63, 3.8) is 0 Å². The van der Waals surface area contributed by atoms with Gasteiger partial charge in [-0.25, -0.2) is 0 Å². The zero-order chi connectivity index (χ0) is 13.1. The number of piperidine rings is 1.